The predicted octanol–water partition coefficient (Wildman–Crippen LogP) is 9.19. The van der Waals surface area contributed by atoms with E-state index in [0.717, 1.165) is 43.2 Å². The first kappa shape index (κ1) is 37.0. The molecule has 0 unspecified atom stereocenters. The lowest BCUT2D eigenvalue weighted by molar-refractivity contribution is 0.0688. The summed E-state index contributed by atoms with van der Waals surface area (Å²) in [5, 5.41) is 28.1. The van der Waals surface area contributed by atoms with Crippen molar-refractivity contribution in [2.45, 2.75) is 0 Å². The third-order valence-corrected chi connectivity index (χ3v) is 9.74. The van der Waals surface area contributed by atoms with Crippen LogP contribution in [0.1, 0.15) is 41.7 Å². The van der Waals surface area contributed by atoms with E-state index in [-0.39, 0.29) is 32.5 Å². The largest absolute Gasteiger partial charge is 0.481 e. The Morgan fingerprint density at radius 1 is 0.667 bits per heavy atom. The van der Waals surface area contributed by atoms with Gasteiger partial charge in [-0.15, -0.1) is 22.7 Å². The first-order chi connectivity index (χ1) is 24.4. The van der Waals surface area contributed by atoms with Crippen LogP contribution in [-0.4, -0.2) is 51.0 Å². The molecular weight excluding hydrogens is 831 g/mol. The van der Waals surface area contributed by atoms with Crippen LogP contribution >= 0.6 is 54.5 Å². The summed E-state index contributed by atoms with van der Waals surface area (Å²) in [6, 6.07) is 23.1. The highest BCUT2D eigenvalue weighted by Gasteiger charge is 2.23. The smallest absolute Gasteiger partial charge is 0.339 e. The highest BCUT2D eigenvalue weighted by Crippen LogP contribution is 2.37. The lowest BCUT2D eigenvalue weighted by Crippen LogP contribution is -2.15. The van der Waals surface area contributed by atoms with Crippen molar-refractivity contribution in [2.75, 3.05) is 17.7 Å². The molecule has 4 aromatic heterocycles. The summed E-state index contributed by atoms with van der Waals surface area (Å²) in [4.78, 5) is 55.6. The SMILES string of the molecule is COc1cccc(C(=O)Nc2scc(-c3ccc(Br)cc3)c2C(=O)O)n1.O=C(Nc1scc(-c2ccc(Br)cc2)c1C(=O)O)c1cccc(F)n1. The molecule has 0 aliphatic rings. The van der Waals surface area contributed by atoms with Gasteiger partial charge in [-0.25, -0.2) is 19.6 Å². The molecule has 0 bridgehead atoms. The summed E-state index contributed by atoms with van der Waals surface area (Å²) in [6.45, 7) is 0. The molecule has 6 rings (SSSR count). The number of carboxylic acid groups (broad SMARTS) is 2. The molecule has 4 N–H and O–H groups in total. The zero-order valence-corrected chi connectivity index (χ0v) is 30.8. The zero-order chi connectivity index (χ0) is 36.7. The molecule has 0 saturated heterocycles. The normalized spacial score (nSPS) is 10.4. The van der Waals surface area contributed by atoms with Gasteiger partial charge in [0.25, 0.3) is 11.8 Å². The van der Waals surface area contributed by atoms with Crippen molar-refractivity contribution in [1.29, 1.82) is 0 Å². The number of benzene rings is 2. The van der Waals surface area contributed by atoms with Gasteiger partial charge in [-0.3, -0.25) is 9.59 Å². The molecule has 2 aromatic carbocycles. The molecule has 6 aromatic rings. The Labute approximate surface area is 314 Å². The fraction of sp³-hybridized carbons (Fsp3) is 0.0286. The average Bonchev–Trinajstić information content (AvgIpc) is 3.74. The highest BCUT2D eigenvalue weighted by atomic mass is 79.9. The summed E-state index contributed by atoms with van der Waals surface area (Å²) >= 11 is 8.92. The van der Waals surface area contributed by atoms with Gasteiger partial charge < -0.3 is 25.6 Å². The molecule has 0 aliphatic heterocycles. The fourth-order valence-corrected chi connectivity index (χ4v) is 6.97. The monoisotopic (exact) mass is 852 g/mol. The average molecular weight is 855 g/mol. The van der Waals surface area contributed by atoms with E-state index in [2.05, 4.69) is 52.5 Å². The number of aromatic nitrogens is 2. The Bertz CT molecular complexity index is 2240. The third-order valence-electron chi connectivity index (χ3n) is 6.89. The number of hydrogen-bond donors (Lipinski definition) is 4. The van der Waals surface area contributed by atoms with E-state index < -0.39 is 29.7 Å². The molecule has 0 radical (unpaired) electrons. The van der Waals surface area contributed by atoms with Crippen LogP contribution in [-0.2, 0) is 0 Å². The number of pyridine rings is 2. The zero-order valence-electron chi connectivity index (χ0n) is 26.0. The molecule has 0 aliphatic carbocycles. The van der Waals surface area contributed by atoms with Crippen molar-refractivity contribution in [2.24, 2.45) is 0 Å². The molecule has 258 valence electrons. The van der Waals surface area contributed by atoms with E-state index in [9.17, 15) is 33.8 Å². The number of carbonyl (C=O) groups is 4. The van der Waals surface area contributed by atoms with Crippen molar-refractivity contribution in [3.63, 3.8) is 0 Å². The van der Waals surface area contributed by atoms with Gasteiger partial charge in [-0.1, -0.05) is 68.3 Å². The van der Waals surface area contributed by atoms with E-state index in [1.165, 1.54) is 25.3 Å². The van der Waals surface area contributed by atoms with Crippen molar-refractivity contribution >= 4 is 88.3 Å². The van der Waals surface area contributed by atoms with Gasteiger partial charge in [-0.05, 0) is 53.6 Å². The molecule has 2 amide bonds. The van der Waals surface area contributed by atoms with E-state index >= 15 is 0 Å². The van der Waals surface area contributed by atoms with E-state index in [4.69, 9.17) is 4.74 Å². The number of anilines is 2. The Kier molecular flexibility index (Phi) is 12.0. The minimum Gasteiger partial charge on any atom is -0.481 e. The summed E-state index contributed by atoms with van der Waals surface area (Å²) in [6.07, 6.45) is 0. The van der Waals surface area contributed by atoms with Crippen LogP contribution in [0.4, 0.5) is 14.4 Å². The maximum absolute atomic E-state index is 13.1. The van der Waals surface area contributed by atoms with Gasteiger partial charge in [0.15, 0.2) is 0 Å². The van der Waals surface area contributed by atoms with Crippen molar-refractivity contribution in [3.8, 4) is 28.1 Å². The number of aromatic carboxylic acids is 2. The molecule has 51 heavy (non-hydrogen) atoms. The molecule has 0 atom stereocenters. The number of halogens is 3. The van der Waals surface area contributed by atoms with Crippen LogP contribution in [0.25, 0.3) is 22.3 Å². The minimum absolute atomic E-state index is 0.0166. The van der Waals surface area contributed by atoms with E-state index in [0.29, 0.717) is 22.6 Å². The van der Waals surface area contributed by atoms with Gasteiger partial charge in [0.1, 0.15) is 32.5 Å². The number of carboxylic acids is 2. The number of thiophene rings is 2. The first-order valence-corrected chi connectivity index (χ1v) is 17.8. The lowest BCUT2D eigenvalue weighted by Gasteiger charge is -2.07. The summed E-state index contributed by atoms with van der Waals surface area (Å²) < 4.78 is 19.9. The summed E-state index contributed by atoms with van der Waals surface area (Å²) in [7, 11) is 1.45. The predicted molar refractivity (Wildman–Crippen MR) is 200 cm³/mol. The van der Waals surface area contributed by atoms with Gasteiger partial charge in [0, 0.05) is 36.9 Å². The number of methoxy groups -OCH3 is 1. The van der Waals surface area contributed by atoms with Gasteiger partial charge in [0.05, 0.1) is 7.11 Å². The molecule has 0 spiro atoms. The van der Waals surface area contributed by atoms with Gasteiger partial charge in [-0.2, -0.15) is 4.39 Å². The second-order valence-corrected chi connectivity index (χ2v) is 13.7. The number of nitrogens with zero attached hydrogens (tertiary/aromatic N) is 2. The number of carbonyl (C=O) groups excluding carboxylic acids is 2. The maximum Gasteiger partial charge on any atom is 0.339 e. The molecule has 0 saturated carbocycles. The molecule has 4 heterocycles. The number of ether oxygens (including phenoxy) is 1. The van der Waals surface area contributed by atoms with Crippen LogP contribution in [0, 0.1) is 5.95 Å². The quantitative estimate of drug-likeness (QED) is 0.104. The maximum atomic E-state index is 13.1. The summed E-state index contributed by atoms with van der Waals surface area (Å²) in [5.41, 5.74) is 2.54. The number of rotatable bonds is 9. The van der Waals surface area contributed by atoms with Gasteiger partial charge >= 0.3 is 11.9 Å². The first-order valence-electron chi connectivity index (χ1n) is 14.4. The minimum atomic E-state index is -1.17. The molecule has 0 fully saturated rings. The number of hydrogen-bond acceptors (Lipinski definition) is 9. The third kappa shape index (κ3) is 9.09. The van der Waals surface area contributed by atoms with Crippen LogP contribution in [0.15, 0.2) is 105 Å². The Hall–Kier alpha value is -5.29. The second kappa shape index (κ2) is 16.6. The van der Waals surface area contributed by atoms with Crippen molar-refractivity contribution < 1.29 is 38.5 Å². The Balaban J connectivity index is 0.000000198. The number of amides is 2. The molecule has 11 nitrogen and oxygen atoms in total. The van der Waals surface area contributed by atoms with E-state index in [1.54, 1.807) is 47.2 Å². The standard InChI is InChI=1S/C18H13BrN2O4S.C17H10BrFN2O3S/c1-25-14-4-2-3-13(20-14)16(22)21-17-15(18(23)24)12(9-26-17)10-5-7-11(19)8-6-10;18-10-6-4-9(5-7-10)11-8-25-16(14(11)17(23)24)21-15(22)12-2-1-3-13(19)20-12/h2-9H,1H3,(H,21,22)(H,23,24);1-8H,(H,21,22)(H,23,24). The van der Waals surface area contributed by atoms with Crippen molar-refractivity contribution in [1.82, 2.24) is 9.97 Å². The fourth-order valence-electron chi connectivity index (χ4n) is 4.53. The Morgan fingerprint density at radius 3 is 1.51 bits per heavy atom. The van der Waals surface area contributed by atoms with Crippen molar-refractivity contribution in [3.05, 3.63) is 133 Å². The van der Waals surface area contributed by atoms with E-state index in [1.807, 2.05) is 24.3 Å². The van der Waals surface area contributed by atoms with Crippen LogP contribution in [0.2, 0.25) is 0 Å². The molecule has 16 heteroatoms. The molecular formula is C35H23Br2FN4O7S2. The van der Waals surface area contributed by atoms with Crippen LogP contribution in [0.3, 0.4) is 0 Å². The van der Waals surface area contributed by atoms with Crippen LogP contribution in [0.5, 0.6) is 5.88 Å². The highest BCUT2D eigenvalue weighted by molar-refractivity contribution is 9.10. The second-order valence-electron chi connectivity index (χ2n) is 10.2. The number of nitrogens with one attached hydrogen (secondary N) is 2. The van der Waals surface area contributed by atoms with Crippen LogP contribution < -0.4 is 15.4 Å². The van der Waals surface area contributed by atoms with Gasteiger partial charge in [0.2, 0.25) is 11.8 Å². The lowest BCUT2D eigenvalue weighted by atomic mass is 10.0. The summed E-state index contributed by atoms with van der Waals surface area (Å²) in [5.74, 6) is -3.94. The topological polar surface area (TPSA) is 168 Å². The Morgan fingerprint density at radius 2 is 1.10 bits per heavy atom.